The van der Waals surface area contributed by atoms with E-state index < -0.39 is 6.60 Å². The molecule has 98 valence electrons. The summed E-state index contributed by atoms with van der Waals surface area (Å²) in [6.45, 7) is 9.95. The topological polar surface area (TPSA) is 20.2 Å². The van der Waals surface area contributed by atoms with Gasteiger partial charge in [0.2, 0.25) is 0 Å². The first-order valence-corrected chi connectivity index (χ1v) is 9.61. The van der Waals surface area contributed by atoms with E-state index in [1.165, 1.54) is 23.8 Å². The molecule has 0 aliphatic carbocycles. The van der Waals surface area contributed by atoms with Crippen LogP contribution in [0.3, 0.4) is 0 Å². The van der Waals surface area contributed by atoms with Crippen molar-refractivity contribution in [2.24, 2.45) is 0 Å². The molecule has 0 aliphatic rings. The van der Waals surface area contributed by atoms with E-state index in [0.717, 1.165) is 0 Å². The molecule has 0 aliphatic heterocycles. The number of hydrogen-bond acceptors (Lipinski definition) is 1. The molecule has 0 heterocycles. The Morgan fingerprint density at radius 2 is 1.35 bits per heavy atom. The number of benzene rings is 1. The Hall–Kier alpha value is -0.550. The van der Waals surface area contributed by atoms with Gasteiger partial charge in [-0.1, -0.05) is 0 Å². The fourth-order valence-electron chi connectivity index (χ4n) is 3.47. The van der Waals surface area contributed by atoms with Crippen LogP contribution in [0.5, 0.6) is 5.75 Å². The SMILES string of the molecule is CCP(CC)(CC)(c1ccc(O)cc1)C(C)C. The summed E-state index contributed by atoms with van der Waals surface area (Å²) in [6.07, 6.45) is 3.79. The molecular formula is C15H27OP. The third-order valence-corrected chi connectivity index (χ3v) is 14.4. The van der Waals surface area contributed by atoms with Gasteiger partial charge in [-0.2, -0.15) is 0 Å². The fourth-order valence-corrected chi connectivity index (χ4v) is 9.64. The van der Waals surface area contributed by atoms with Gasteiger partial charge in [-0.25, -0.2) is 0 Å². The average Bonchev–Trinajstić information content (AvgIpc) is 2.34. The van der Waals surface area contributed by atoms with Crippen molar-refractivity contribution in [1.82, 2.24) is 0 Å². The summed E-state index contributed by atoms with van der Waals surface area (Å²) in [5.74, 6) is 0.373. The van der Waals surface area contributed by atoms with Crippen molar-refractivity contribution in [2.45, 2.75) is 40.3 Å². The summed E-state index contributed by atoms with van der Waals surface area (Å²) in [5, 5.41) is 11.0. The normalized spacial score (nSPS) is 14.6. The van der Waals surface area contributed by atoms with Crippen LogP contribution in [0.25, 0.3) is 0 Å². The van der Waals surface area contributed by atoms with Gasteiger partial charge in [-0.05, 0) is 0 Å². The minimum absolute atomic E-state index is 0.373. The fraction of sp³-hybridized carbons (Fsp3) is 0.600. The summed E-state index contributed by atoms with van der Waals surface area (Å²) >= 11 is 0. The molecule has 17 heavy (non-hydrogen) atoms. The van der Waals surface area contributed by atoms with Crippen LogP contribution < -0.4 is 5.30 Å². The molecule has 0 atom stereocenters. The van der Waals surface area contributed by atoms with Crippen molar-refractivity contribution in [2.75, 3.05) is 18.5 Å². The molecule has 1 rings (SSSR count). The monoisotopic (exact) mass is 254 g/mol. The molecule has 0 unspecified atom stereocenters. The zero-order chi connectivity index (χ0) is 13.1. The predicted octanol–water partition coefficient (Wildman–Crippen LogP) is 4.04. The van der Waals surface area contributed by atoms with Crippen molar-refractivity contribution in [3.05, 3.63) is 24.3 Å². The number of hydrogen-bond donors (Lipinski definition) is 1. The van der Waals surface area contributed by atoms with E-state index in [-0.39, 0.29) is 0 Å². The van der Waals surface area contributed by atoms with Gasteiger partial charge in [0.05, 0.1) is 0 Å². The molecule has 0 bridgehead atoms. The van der Waals surface area contributed by atoms with Crippen molar-refractivity contribution in [3.63, 3.8) is 0 Å². The summed E-state index contributed by atoms with van der Waals surface area (Å²) in [7, 11) is 0. The van der Waals surface area contributed by atoms with Gasteiger partial charge >= 0.3 is 106 Å². The quantitative estimate of drug-likeness (QED) is 0.786. The van der Waals surface area contributed by atoms with Crippen LogP contribution in [0.2, 0.25) is 0 Å². The summed E-state index contributed by atoms with van der Waals surface area (Å²) < 4.78 is 0. The van der Waals surface area contributed by atoms with E-state index in [9.17, 15) is 5.11 Å². The van der Waals surface area contributed by atoms with Crippen LogP contribution in [-0.2, 0) is 0 Å². The first-order valence-electron chi connectivity index (χ1n) is 6.75. The van der Waals surface area contributed by atoms with E-state index in [0.29, 0.717) is 11.4 Å². The first-order chi connectivity index (χ1) is 7.95. The minimum atomic E-state index is -1.84. The molecule has 0 spiro atoms. The van der Waals surface area contributed by atoms with Gasteiger partial charge in [0.15, 0.2) is 0 Å². The van der Waals surface area contributed by atoms with E-state index in [4.69, 9.17) is 0 Å². The van der Waals surface area contributed by atoms with E-state index in [1.54, 1.807) is 0 Å². The van der Waals surface area contributed by atoms with Crippen LogP contribution in [0.4, 0.5) is 0 Å². The van der Waals surface area contributed by atoms with Crippen LogP contribution in [0.1, 0.15) is 34.6 Å². The van der Waals surface area contributed by atoms with Gasteiger partial charge in [0.1, 0.15) is 0 Å². The third kappa shape index (κ3) is 1.99. The predicted molar refractivity (Wildman–Crippen MR) is 81.4 cm³/mol. The average molecular weight is 254 g/mol. The molecule has 1 aromatic rings. The zero-order valence-electron chi connectivity index (χ0n) is 11.9. The second-order valence-corrected chi connectivity index (χ2v) is 12.5. The van der Waals surface area contributed by atoms with Crippen molar-refractivity contribution >= 4 is 11.9 Å². The summed E-state index contributed by atoms with van der Waals surface area (Å²) in [4.78, 5) is 0. The Kier molecular flexibility index (Phi) is 4.25. The van der Waals surface area contributed by atoms with E-state index in [2.05, 4.69) is 46.8 Å². The van der Waals surface area contributed by atoms with Crippen molar-refractivity contribution in [3.8, 4) is 5.75 Å². The van der Waals surface area contributed by atoms with Crippen molar-refractivity contribution in [1.29, 1.82) is 0 Å². The standard InChI is InChI=1S/C15H27OP/c1-6-17(7-2,8-3,13(4)5)15-11-9-14(16)10-12-15/h9-13,16H,6-8H2,1-5H3. The summed E-state index contributed by atoms with van der Waals surface area (Å²) in [5.41, 5.74) is 0.713. The molecule has 1 N–H and O–H groups in total. The Labute approximate surface area is 106 Å². The number of aromatic hydroxyl groups is 1. The molecule has 1 nitrogen and oxygen atoms in total. The molecule has 0 saturated heterocycles. The Balaban J connectivity index is 3.47. The molecule has 1 aromatic carbocycles. The Bertz CT molecular complexity index is 352. The van der Waals surface area contributed by atoms with E-state index >= 15 is 0 Å². The molecule has 2 heteroatoms. The van der Waals surface area contributed by atoms with Crippen LogP contribution in [0.15, 0.2) is 24.3 Å². The van der Waals surface area contributed by atoms with E-state index in [1.807, 2.05) is 12.1 Å². The molecule has 0 amide bonds. The first kappa shape index (κ1) is 14.5. The number of phenolic OH excluding ortho intramolecular Hbond substituents is 1. The second-order valence-electron chi connectivity index (χ2n) is 5.38. The zero-order valence-corrected chi connectivity index (χ0v) is 12.8. The Morgan fingerprint density at radius 1 is 0.941 bits per heavy atom. The summed E-state index contributed by atoms with van der Waals surface area (Å²) in [6, 6.07) is 8.01. The van der Waals surface area contributed by atoms with Gasteiger partial charge in [0.25, 0.3) is 0 Å². The molecule has 0 fully saturated rings. The maximum atomic E-state index is 9.48. The van der Waals surface area contributed by atoms with Gasteiger partial charge < -0.3 is 0 Å². The van der Waals surface area contributed by atoms with Crippen LogP contribution in [0, 0.1) is 0 Å². The molecular weight excluding hydrogens is 227 g/mol. The third-order valence-electron chi connectivity index (χ3n) is 5.26. The van der Waals surface area contributed by atoms with Crippen LogP contribution >= 0.6 is 6.60 Å². The van der Waals surface area contributed by atoms with Crippen molar-refractivity contribution < 1.29 is 5.11 Å². The molecule has 0 radical (unpaired) electrons. The number of rotatable bonds is 5. The second kappa shape index (κ2) is 4.98. The molecule has 0 aromatic heterocycles. The number of phenols is 1. The molecule has 0 saturated carbocycles. The van der Waals surface area contributed by atoms with Gasteiger partial charge in [-0.15, -0.1) is 0 Å². The maximum absolute atomic E-state index is 9.48. The van der Waals surface area contributed by atoms with Gasteiger partial charge in [0, 0.05) is 0 Å². The van der Waals surface area contributed by atoms with Gasteiger partial charge in [-0.3, -0.25) is 0 Å². The Morgan fingerprint density at radius 3 is 1.65 bits per heavy atom. The van der Waals surface area contributed by atoms with Crippen LogP contribution in [-0.4, -0.2) is 29.3 Å².